The Morgan fingerprint density at radius 2 is 2.10 bits per heavy atom. The lowest BCUT2D eigenvalue weighted by Crippen LogP contribution is -2.44. The number of para-hydroxylation sites is 2. The Labute approximate surface area is 127 Å². The minimum atomic E-state index is -0.376. The van der Waals surface area contributed by atoms with Gasteiger partial charge in [-0.15, -0.1) is 12.4 Å². The maximum absolute atomic E-state index is 6.20. The monoisotopic (exact) mass is 305 g/mol. The minimum absolute atomic E-state index is 0. The van der Waals surface area contributed by atoms with Gasteiger partial charge in [0.2, 0.25) is 5.89 Å². The number of fused-ring (bicyclic) bond motifs is 1. The van der Waals surface area contributed by atoms with Gasteiger partial charge < -0.3 is 14.8 Å². The van der Waals surface area contributed by atoms with Gasteiger partial charge in [0.05, 0.1) is 22.9 Å². The summed E-state index contributed by atoms with van der Waals surface area (Å²) < 4.78 is 7.32. The molecule has 2 aromatic heterocycles. The Morgan fingerprint density at radius 3 is 2.86 bits per heavy atom. The molecule has 1 aromatic carbocycles. The number of benzene rings is 1. The third-order valence-electron chi connectivity index (χ3n) is 3.99. The number of nitrogens with zero attached hydrogens (tertiary/aromatic N) is 4. The standard InChI is InChI=1S/C14H15N5O.ClH/c15-14(6-3-7-14)13-17-12(20-18-13)8-19-9-16-10-4-1-2-5-11(10)19;/h1-2,4-5,9H,3,6-8,15H2;1H. The molecule has 0 unspecified atom stereocenters. The quantitative estimate of drug-likeness (QED) is 0.802. The number of nitrogens with two attached hydrogens (primary N) is 1. The summed E-state index contributed by atoms with van der Waals surface area (Å²) in [5.41, 5.74) is 7.83. The van der Waals surface area contributed by atoms with E-state index in [0.717, 1.165) is 30.3 Å². The summed E-state index contributed by atoms with van der Waals surface area (Å²) >= 11 is 0. The molecule has 0 saturated heterocycles. The maximum Gasteiger partial charge on any atom is 0.246 e. The molecule has 21 heavy (non-hydrogen) atoms. The van der Waals surface area contributed by atoms with E-state index in [0.29, 0.717) is 18.3 Å². The highest BCUT2D eigenvalue weighted by molar-refractivity contribution is 5.85. The summed E-state index contributed by atoms with van der Waals surface area (Å²) in [6, 6.07) is 7.96. The van der Waals surface area contributed by atoms with E-state index in [1.807, 2.05) is 28.8 Å². The summed E-state index contributed by atoms with van der Waals surface area (Å²) in [6.07, 6.45) is 4.78. The van der Waals surface area contributed by atoms with Crippen LogP contribution in [0.3, 0.4) is 0 Å². The number of halogens is 1. The van der Waals surface area contributed by atoms with Crippen LogP contribution in [0.2, 0.25) is 0 Å². The lowest BCUT2D eigenvalue weighted by molar-refractivity contribution is 0.229. The minimum Gasteiger partial charge on any atom is -0.337 e. The van der Waals surface area contributed by atoms with Crippen LogP contribution in [0.15, 0.2) is 35.1 Å². The fraction of sp³-hybridized carbons (Fsp3) is 0.357. The number of hydrogen-bond acceptors (Lipinski definition) is 5. The van der Waals surface area contributed by atoms with Gasteiger partial charge in [-0.25, -0.2) is 4.98 Å². The van der Waals surface area contributed by atoms with E-state index >= 15 is 0 Å². The van der Waals surface area contributed by atoms with Crippen LogP contribution in [0.5, 0.6) is 0 Å². The van der Waals surface area contributed by atoms with Crippen molar-refractivity contribution in [2.75, 3.05) is 0 Å². The molecule has 1 fully saturated rings. The normalized spacial score (nSPS) is 16.4. The number of rotatable bonds is 3. The molecule has 0 aliphatic heterocycles. The Morgan fingerprint density at radius 1 is 1.29 bits per heavy atom. The molecule has 4 rings (SSSR count). The second-order valence-corrected chi connectivity index (χ2v) is 5.38. The zero-order valence-electron chi connectivity index (χ0n) is 11.4. The van der Waals surface area contributed by atoms with Crippen molar-refractivity contribution < 1.29 is 4.52 Å². The summed E-state index contributed by atoms with van der Waals surface area (Å²) in [5.74, 6) is 1.20. The molecule has 2 N–H and O–H groups in total. The van der Waals surface area contributed by atoms with Gasteiger partial charge in [-0.2, -0.15) is 4.98 Å². The zero-order chi connectivity index (χ0) is 13.6. The van der Waals surface area contributed by atoms with Gasteiger partial charge in [0.15, 0.2) is 5.82 Å². The molecule has 1 aliphatic rings. The van der Waals surface area contributed by atoms with Crippen molar-refractivity contribution in [1.29, 1.82) is 0 Å². The van der Waals surface area contributed by atoms with Crippen molar-refractivity contribution in [2.24, 2.45) is 5.73 Å². The van der Waals surface area contributed by atoms with Gasteiger partial charge >= 0.3 is 0 Å². The van der Waals surface area contributed by atoms with E-state index in [-0.39, 0.29) is 17.9 Å². The molecule has 7 heteroatoms. The van der Waals surface area contributed by atoms with E-state index < -0.39 is 0 Å². The highest BCUT2D eigenvalue weighted by atomic mass is 35.5. The third-order valence-corrected chi connectivity index (χ3v) is 3.99. The van der Waals surface area contributed by atoms with E-state index in [1.54, 1.807) is 6.33 Å². The molecular weight excluding hydrogens is 290 g/mol. The molecule has 0 bridgehead atoms. The Kier molecular flexibility index (Phi) is 3.43. The van der Waals surface area contributed by atoms with Gasteiger partial charge in [0.25, 0.3) is 0 Å². The third kappa shape index (κ3) is 2.30. The van der Waals surface area contributed by atoms with Gasteiger partial charge in [-0.05, 0) is 31.4 Å². The van der Waals surface area contributed by atoms with Crippen LogP contribution in [0.4, 0.5) is 0 Å². The molecule has 6 nitrogen and oxygen atoms in total. The van der Waals surface area contributed by atoms with Crippen molar-refractivity contribution in [2.45, 2.75) is 31.3 Å². The van der Waals surface area contributed by atoms with Crippen LogP contribution in [-0.4, -0.2) is 19.7 Å². The lowest BCUT2D eigenvalue weighted by atomic mass is 9.77. The Hall–Kier alpha value is -1.92. The van der Waals surface area contributed by atoms with Gasteiger partial charge in [-0.1, -0.05) is 17.3 Å². The Balaban J connectivity index is 0.00000132. The molecule has 1 saturated carbocycles. The van der Waals surface area contributed by atoms with Crippen LogP contribution < -0.4 is 5.73 Å². The average Bonchev–Trinajstić information content (AvgIpc) is 3.05. The Bertz CT molecular complexity index is 761. The van der Waals surface area contributed by atoms with Crippen LogP contribution in [-0.2, 0) is 12.1 Å². The fourth-order valence-corrected chi connectivity index (χ4v) is 2.58. The molecule has 3 aromatic rings. The number of hydrogen-bond donors (Lipinski definition) is 1. The van der Waals surface area contributed by atoms with Crippen molar-refractivity contribution in [3.8, 4) is 0 Å². The van der Waals surface area contributed by atoms with E-state index in [4.69, 9.17) is 10.3 Å². The first kappa shape index (κ1) is 14.0. The molecule has 110 valence electrons. The number of aromatic nitrogens is 4. The molecule has 0 radical (unpaired) electrons. The highest BCUT2D eigenvalue weighted by Gasteiger charge is 2.38. The summed E-state index contributed by atoms with van der Waals surface area (Å²) in [6.45, 7) is 0.517. The van der Waals surface area contributed by atoms with Gasteiger partial charge in [0, 0.05) is 0 Å². The first-order chi connectivity index (χ1) is 9.74. The topological polar surface area (TPSA) is 82.8 Å². The molecule has 0 spiro atoms. The summed E-state index contributed by atoms with van der Waals surface area (Å²) in [5, 5.41) is 4.03. The smallest absolute Gasteiger partial charge is 0.246 e. The largest absolute Gasteiger partial charge is 0.337 e. The van der Waals surface area contributed by atoms with Crippen molar-refractivity contribution >= 4 is 23.4 Å². The molecule has 1 aliphatic carbocycles. The van der Waals surface area contributed by atoms with Crippen molar-refractivity contribution in [1.82, 2.24) is 19.7 Å². The van der Waals surface area contributed by atoms with Crippen LogP contribution in [0, 0.1) is 0 Å². The summed E-state index contributed by atoms with van der Waals surface area (Å²) in [7, 11) is 0. The second-order valence-electron chi connectivity index (χ2n) is 5.38. The fourth-order valence-electron chi connectivity index (χ4n) is 2.58. The SMILES string of the molecule is Cl.NC1(c2noc(Cn3cnc4ccccc43)n2)CCC1. The summed E-state index contributed by atoms with van der Waals surface area (Å²) in [4.78, 5) is 8.78. The van der Waals surface area contributed by atoms with Crippen LogP contribution in [0.1, 0.15) is 31.0 Å². The molecule has 0 amide bonds. The van der Waals surface area contributed by atoms with E-state index in [9.17, 15) is 0 Å². The zero-order valence-corrected chi connectivity index (χ0v) is 12.2. The molecular formula is C14H16ClN5O. The van der Waals surface area contributed by atoms with Crippen LogP contribution in [0.25, 0.3) is 11.0 Å². The second kappa shape index (κ2) is 5.13. The first-order valence-electron chi connectivity index (χ1n) is 6.76. The van der Waals surface area contributed by atoms with Crippen molar-refractivity contribution in [3.05, 3.63) is 42.3 Å². The van der Waals surface area contributed by atoms with Gasteiger partial charge in [-0.3, -0.25) is 0 Å². The number of imidazole rings is 1. The molecule has 2 heterocycles. The average molecular weight is 306 g/mol. The maximum atomic E-state index is 6.20. The van der Waals surface area contributed by atoms with Crippen molar-refractivity contribution in [3.63, 3.8) is 0 Å². The predicted octanol–water partition coefficient (Wildman–Crippen LogP) is 2.23. The predicted molar refractivity (Wildman–Crippen MR) is 80.1 cm³/mol. The van der Waals surface area contributed by atoms with E-state index in [1.165, 1.54) is 0 Å². The molecule has 0 atom stereocenters. The van der Waals surface area contributed by atoms with Gasteiger partial charge in [0.1, 0.15) is 6.54 Å². The lowest BCUT2D eigenvalue weighted by Gasteiger charge is -2.34. The highest BCUT2D eigenvalue weighted by Crippen LogP contribution is 2.36. The first-order valence-corrected chi connectivity index (χ1v) is 6.76. The van der Waals surface area contributed by atoms with E-state index in [2.05, 4.69) is 15.1 Å². The van der Waals surface area contributed by atoms with Crippen LogP contribution >= 0.6 is 12.4 Å².